The minimum absolute atomic E-state index is 0.0385. The van der Waals surface area contributed by atoms with E-state index >= 15 is 0 Å². The molecular weight excluding hydrogens is 220 g/mol. The molecule has 0 aliphatic heterocycles. The fourth-order valence-corrected chi connectivity index (χ4v) is 1.00. The number of carbonyl (C=O) groups is 3. The highest BCUT2D eigenvalue weighted by molar-refractivity contribution is 6.40. The van der Waals surface area contributed by atoms with Crippen molar-refractivity contribution >= 4 is 29.1 Å². The van der Waals surface area contributed by atoms with E-state index in [1.807, 2.05) is 0 Å². The molecule has 0 aliphatic carbocycles. The van der Waals surface area contributed by atoms with Gasteiger partial charge in [-0.15, -0.1) is 11.6 Å². The molecule has 0 atom stereocenters. The minimum atomic E-state index is -0.745. The third-order valence-corrected chi connectivity index (χ3v) is 1.55. The van der Waals surface area contributed by atoms with Gasteiger partial charge in [0.15, 0.2) is 5.78 Å². The molecular formula is C10H15ClO4. The second-order valence-corrected chi connectivity index (χ2v) is 4.43. The Balaban J connectivity index is 4.08. The van der Waals surface area contributed by atoms with E-state index in [9.17, 15) is 14.4 Å². The summed E-state index contributed by atoms with van der Waals surface area (Å²) in [4.78, 5) is 33.3. The number of hydrogen-bond acceptors (Lipinski definition) is 4. The summed E-state index contributed by atoms with van der Waals surface area (Å²) in [5.74, 6) is -1.98. The Kier molecular flexibility index (Phi) is 5.50. The highest BCUT2D eigenvalue weighted by Crippen LogP contribution is 2.08. The van der Waals surface area contributed by atoms with Crippen LogP contribution < -0.4 is 0 Å². The van der Waals surface area contributed by atoms with Gasteiger partial charge in [0.05, 0.1) is 0 Å². The zero-order valence-electron chi connectivity index (χ0n) is 9.13. The van der Waals surface area contributed by atoms with Crippen LogP contribution in [0.5, 0.6) is 0 Å². The summed E-state index contributed by atoms with van der Waals surface area (Å²) >= 11 is 5.29. The largest absolute Gasteiger partial charge is 0.460 e. The van der Waals surface area contributed by atoms with Crippen LogP contribution in [0.2, 0.25) is 0 Å². The summed E-state index contributed by atoms with van der Waals surface area (Å²) in [6.45, 7) is 5.07. The lowest BCUT2D eigenvalue weighted by Crippen LogP contribution is -2.27. The Morgan fingerprint density at radius 1 is 1.13 bits per heavy atom. The average molecular weight is 235 g/mol. The predicted molar refractivity (Wildman–Crippen MR) is 55.8 cm³/mol. The number of ether oxygens (including phenoxy) is 1. The molecule has 0 saturated carbocycles. The zero-order chi connectivity index (χ0) is 12.1. The van der Waals surface area contributed by atoms with Crippen LogP contribution in [0.3, 0.4) is 0 Å². The summed E-state index contributed by atoms with van der Waals surface area (Å²) in [5, 5.41) is 0. The van der Waals surface area contributed by atoms with Gasteiger partial charge >= 0.3 is 5.97 Å². The third kappa shape index (κ3) is 7.08. The van der Waals surface area contributed by atoms with Crippen LogP contribution in [0.25, 0.3) is 0 Å². The smallest absolute Gasteiger partial charge is 0.314 e. The van der Waals surface area contributed by atoms with Gasteiger partial charge in [0, 0.05) is 12.3 Å². The quantitative estimate of drug-likeness (QED) is 0.313. The predicted octanol–water partition coefficient (Wildman–Crippen LogP) is 1.49. The molecule has 0 unspecified atom stereocenters. The minimum Gasteiger partial charge on any atom is -0.460 e. The van der Waals surface area contributed by atoms with Gasteiger partial charge in [0.1, 0.15) is 12.0 Å². The van der Waals surface area contributed by atoms with E-state index in [4.69, 9.17) is 16.3 Å². The van der Waals surface area contributed by atoms with E-state index in [1.54, 1.807) is 20.8 Å². The fourth-order valence-electron chi connectivity index (χ4n) is 0.833. The Labute approximate surface area is 93.9 Å². The number of carbonyl (C=O) groups excluding carboxylic acids is 3. The molecule has 0 aromatic rings. The first-order chi connectivity index (χ1) is 6.76. The van der Waals surface area contributed by atoms with E-state index in [0.29, 0.717) is 0 Å². The molecule has 0 bridgehead atoms. The molecule has 0 amide bonds. The monoisotopic (exact) mass is 234 g/mol. The summed E-state index contributed by atoms with van der Waals surface area (Å²) < 4.78 is 4.89. The number of hydrogen-bond donors (Lipinski definition) is 0. The molecule has 0 aromatic carbocycles. The maximum absolute atomic E-state index is 11.1. The van der Waals surface area contributed by atoms with Gasteiger partial charge in [-0.05, 0) is 20.8 Å². The molecule has 0 N–H and O–H groups in total. The highest BCUT2D eigenvalue weighted by Gasteiger charge is 2.22. The maximum atomic E-state index is 11.1. The van der Waals surface area contributed by atoms with Crippen molar-refractivity contribution in [2.45, 2.75) is 39.2 Å². The first-order valence-corrected chi connectivity index (χ1v) is 5.13. The van der Waals surface area contributed by atoms with Crippen molar-refractivity contribution < 1.29 is 19.1 Å². The number of rotatable bonds is 5. The van der Waals surface area contributed by atoms with Gasteiger partial charge in [-0.2, -0.15) is 0 Å². The summed E-state index contributed by atoms with van der Waals surface area (Å²) in [6, 6.07) is 0. The first-order valence-electron chi connectivity index (χ1n) is 4.60. The van der Waals surface area contributed by atoms with Crippen LogP contribution in [0, 0.1) is 0 Å². The van der Waals surface area contributed by atoms with Crippen molar-refractivity contribution in [3.05, 3.63) is 0 Å². The molecule has 4 nitrogen and oxygen atoms in total. The van der Waals surface area contributed by atoms with E-state index in [2.05, 4.69) is 0 Å². The summed E-state index contributed by atoms with van der Waals surface area (Å²) in [5.41, 5.74) is -0.646. The van der Waals surface area contributed by atoms with E-state index in [1.165, 1.54) is 0 Å². The van der Waals surface area contributed by atoms with Gasteiger partial charge < -0.3 is 4.74 Å². The lowest BCUT2D eigenvalue weighted by Gasteiger charge is -2.18. The summed E-state index contributed by atoms with van der Waals surface area (Å²) in [7, 11) is 0. The standard InChI is InChI=1S/C10H15ClO4/c1-10(2,3)15-9(14)6-8(13)7(12)4-5-11/h4-6H2,1-3H3. The van der Waals surface area contributed by atoms with Gasteiger partial charge in [0.2, 0.25) is 5.78 Å². The van der Waals surface area contributed by atoms with Crippen molar-refractivity contribution in [3.63, 3.8) is 0 Å². The van der Waals surface area contributed by atoms with Gasteiger partial charge in [0.25, 0.3) is 0 Å². The zero-order valence-corrected chi connectivity index (χ0v) is 9.89. The van der Waals surface area contributed by atoms with Crippen molar-refractivity contribution in [2.75, 3.05) is 5.88 Å². The number of ketones is 2. The SMILES string of the molecule is CC(C)(C)OC(=O)CC(=O)C(=O)CCCl. The summed E-state index contributed by atoms with van der Waals surface area (Å²) in [6.07, 6.45) is -0.545. The van der Waals surface area contributed by atoms with E-state index < -0.39 is 29.6 Å². The van der Waals surface area contributed by atoms with Crippen molar-refractivity contribution in [3.8, 4) is 0 Å². The molecule has 0 rings (SSSR count). The molecule has 15 heavy (non-hydrogen) atoms. The van der Waals surface area contributed by atoms with Crippen LogP contribution in [-0.2, 0) is 19.1 Å². The third-order valence-electron chi connectivity index (χ3n) is 1.36. The number of Topliss-reactive ketones (excluding diaryl/α,β-unsaturated/α-hetero) is 2. The molecule has 0 spiro atoms. The molecule has 86 valence electrons. The second-order valence-electron chi connectivity index (χ2n) is 4.05. The van der Waals surface area contributed by atoms with Crippen LogP contribution in [-0.4, -0.2) is 29.0 Å². The highest BCUT2D eigenvalue weighted by atomic mass is 35.5. The fraction of sp³-hybridized carbons (Fsp3) is 0.700. The van der Waals surface area contributed by atoms with Crippen LogP contribution in [0.1, 0.15) is 33.6 Å². The van der Waals surface area contributed by atoms with Crippen LogP contribution in [0.15, 0.2) is 0 Å². The molecule has 0 aliphatic rings. The van der Waals surface area contributed by atoms with Crippen molar-refractivity contribution in [1.82, 2.24) is 0 Å². The number of alkyl halides is 1. The Hall–Kier alpha value is -0.900. The second kappa shape index (κ2) is 5.85. The van der Waals surface area contributed by atoms with Crippen LogP contribution in [0.4, 0.5) is 0 Å². The van der Waals surface area contributed by atoms with Gasteiger partial charge in [-0.3, -0.25) is 14.4 Å². The number of esters is 1. The normalized spacial score (nSPS) is 10.9. The number of halogens is 1. The van der Waals surface area contributed by atoms with Crippen molar-refractivity contribution in [1.29, 1.82) is 0 Å². The van der Waals surface area contributed by atoms with E-state index in [0.717, 1.165) is 0 Å². The Bertz CT molecular complexity index is 265. The first kappa shape index (κ1) is 14.1. The van der Waals surface area contributed by atoms with Gasteiger partial charge in [-0.25, -0.2) is 0 Å². The lowest BCUT2D eigenvalue weighted by molar-refractivity contribution is -0.157. The molecule has 0 aromatic heterocycles. The Morgan fingerprint density at radius 2 is 1.67 bits per heavy atom. The topological polar surface area (TPSA) is 60.4 Å². The van der Waals surface area contributed by atoms with E-state index in [-0.39, 0.29) is 12.3 Å². The maximum Gasteiger partial charge on any atom is 0.314 e. The molecule has 0 fully saturated rings. The van der Waals surface area contributed by atoms with Gasteiger partial charge in [-0.1, -0.05) is 0 Å². The van der Waals surface area contributed by atoms with Crippen molar-refractivity contribution in [2.24, 2.45) is 0 Å². The molecule has 0 radical (unpaired) electrons. The molecule has 5 heteroatoms. The lowest BCUT2D eigenvalue weighted by atomic mass is 10.1. The molecule has 0 saturated heterocycles. The molecule has 0 heterocycles. The van der Waals surface area contributed by atoms with Crippen LogP contribution >= 0.6 is 11.6 Å². The average Bonchev–Trinajstić information content (AvgIpc) is 2.00. The Morgan fingerprint density at radius 3 is 2.07 bits per heavy atom.